The Hall–Kier alpha value is -3.70. The zero-order chi connectivity index (χ0) is 19.2. The van der Waals surface area contributed by atoms with E-state index in [9.17, 15) is 0 Å². The summed E-state index contributed by atoms with van der Waals surface area (Å²) in [5.41, 5.74) is 9.02. The first kappa shape index (κ1) is 16.3. The highest BCUT2D eigenvalue weighted by atomic mass is 32.1. The van der Waals surface area contributed by atoms with E-state index in [0.29, 0.717) is 0 Å². The third-order valence-corrected chi connectivity index (χ3v) is 5.86. The van der Waals surface area contributed by atoms with Crippen molar-refractivity contribution >= 4 is 57.7 Å². The van der Waals surface area contributed by atoms with Gasteiger partial charge in [-0.1, -0.05) is 6.07 Å². The molecule has 0 amide bonds. The Kier molecular flexibility index (Phi) is 3.61. The van der Waals surface area contributed by atoms with Crippen LogP contribution in [0, 0.1) is 0 Å². The molecule has 0 spiro atoms. The molecule has 2 N–H and O–H groups in total. The Morgan fingerprint density at radius 1 is 0.621 bits per heavy atom. The number of nitrogens with zero attached hydrogens (tertiary/aromatic N) is 2. The van der Waals surface area contributed by atoms with Crippen LogP contribution in [0.25, 0.3) is 56.8 Å². The Labute approximate surface area is 171 Å². The van der Waals surface area contributed by atoms with Crippen molar-refractivity contribution in [2.24, 2.45) is 0 Å². The van der Waals surface area contributed by atoms with E-state index in [1.165, 1.54) is 10.4 Å². The summed E-state index contributed by atoms with van der Waals surface area (Å²) < 4.78 is 0. The molecule has 0 saturated heterocycles. The van der Waals surface area contributed by atoms with E-state index >= 15 is 0 Å². The molecule has 0 atom stereocenters. The zero-order valence-corrected chi connectivity index (χ0v) is 16.2. The third kappa shape index (κ3) is 3.11. The van der Waals surface area contributed by atoms with Crippen LogP contribution < -0.4 is 0 Å². The molecule has 6 heterocycles. The number of thiophene rings is 1. The number of fused-ring (bicyclic) bond motifs is 8. The second-order valence-electron chi connectivity index (χ2n) is 7.07. The quantitative estimate of drug-likeness (QED) is 0.341. The molecule has 4 aromatic heterocycles. The molecule has 29 heavy (non-hydrogen) atoms. The third-order valence-electron chi connectivity index (χ3n) is 4.96. The molecule has 0 unspecified atom stereocenters. The van der Waals surface area contributed by atoms with Gasteiger partial charge < -0.3 is 9.97 Å². The van der Waals surface area contributed by atoms with Crippen LogP contribution in [0.15, 0.2) is 60.0 Å². The van der Waals surface area contributed by atoms with Gasteiger partial charge in [0.2, 0.25) is 0 Å². The molecule has 2 aliphatic heterocycles. The van der Waals surface area contributed by atoms with Crippen LogP contribution in [0.2, 0.25) is 0 Å². The fraction of sp³-hybridized carbons (Fsp3) is 0. The lowest BCUT2D eigenvalue weighted by atomic mass is 10.2. The molecule has 2 aliphatic rings. The summed E-state index contributed by atoms with van der Waals surface area (Å²) in [7, 11) is 0. The van der Waals surface area contributed by atoms with Gasteiger partial charge in [-0.15, -0.1) is 11.3 Å². The minimum Gasteiger partial charge on any atom is -0.355 e. The summed E-state index contributed by atoms with van der Waals surface area (Å²) in [5.74, 6) is 0. The molecule has 6 rings (SSSR count). The number of aromatic amines is 2. The minimum atomic E-state index is 0.931. The summed E-state index contributed by atoms with van der Waals surface area (Å²) in [6.07, 6.45) is 8.17. The maximum atomic E-state index is 4.76. The van der Waals surface area contributed by atoms with Crippen molar-refractivity contribution < 1.29 is 0 Å². The van der Waals surface area contributed by atoms with Crippen LogP contribution in [0.1, 0.15) is 22.8 Å². The van der Waals surface area contributed by atoms with E-state index in [2.05, 4.69) is 69.9 Å². The topological polar surface area (TPSA) is 57.4 Å². The zero-order valence-electron chi connectivity index (χ0n) is 15.4. The van der Waals surface area contributed by atoms with Gasteiger partial charge in [-0.25, -0.2) is 9.97 Å². The second-order valence-corrected chi connectivity index (χ2v) is 8.01. The highest BCUT2D eigenvalue weighted by molar-refractivity contribution is 7.13. The van der Waals surface area contributed by atoms with E-state index in [-0.39, 0.29) is 0 Å². The smallest absolute Gasteiger partial charge is 0.0658 e. The SMILES string of the molecule is C1=Cc2cc3cc(-c4cccs4)c(cc4nc(cc5ccc(cc1n2)[nH]5)C=C4)[nH]3. The van der Waals surface area contributed by atoms with Crippen molar-refractivity contribution in [1.82, 2.24) is 19.9 Å². The van der Waals surface area contributed by atoms with Gasteiger partial charge >= 0.3 is 0 Å². The lowest BCUT2D eigenvalue weighted by Crippen LogP contribution is -1.76. The van der Waals surface area contributed by atoms with Gasteiger partial charge in [-0.2, -0.15) is 0 Å². The molecule has 138 valence electrons. The average molecular weight is 392 g/mol. The van der Waals surface area contributed by atoms with E-state index in [4.69, 9.17) is 9.97 Å². The van der Waals surface area contributed by atoms with Gasteiger partial charge in [-0.05, 0) is 78.2 Å². The molecule has 4 nitrogen and oxygen atoms in total. The normalized spacial score (nSPS) is 12.6. The van der Waals surface area contributed by atoms with Crippen LogP contribution in [0.5, 0.6) is 0 Å². The van der Waals surface area contributed by atoms with Crippen molar-refractivity contribution in [2.45, 2.75) is 0 Å². The molecule has 0 radical (unpaired) electrons. The van der Waals surface area contributed by atoms with Crippen LogP contribution in [-0.2, 0) is 0 Å². The molecule has 0 saturated carbocycles. The van der Waals surface area contributed by atoms with Crippen molar-refractivity contribution in [3.63, 3.8) is 0 Å². The summed E-state index contributed by atoms with van der Waals surface area (Å²) in [6, 6.07) is 18.8. The fourth-order valence-electron chi connectivity index (χ4n) is 3.65. The predicted molar refractivity (Wildman–Crippen MR) is 122 cm³/mol. The first-order chi connectivity index (χ1) is 14.3. The van der Waals surface area contributed by atoms with Crippen molar-refractivity contribution in [1.29, 1.82) is 0 Å². The van der Waals surface area contributed by atoms with Gasteiger partial charge in [0.05, 0.1) is 22.8 Å². The number of nitrogens with one attached hydrogen (secondary N) is 2. The number of H-pyrrole nitrogens is 2. The average Bonchev–Trinajstić information content (AvgIpc) is 3.50. The van der Waals surface area contributed by atoms with Gasteiger partial charge in [0.25, 0.3) is 0 Å². The summed E-state index contributed by atoms with van der Waals surface area (Å²) in [5, 5.41) is 2.10. The number of aromatic nitrogens is 4. The monoisotopic (exact) mass is 392 g/mol. The minimum absolute atomic E-state index is 0.931. The summed E-state index contributed by atoms with van der Waals surface area (Å²) >= 11 is 1.73. The Bertz CT molecular complexity index is 1450. The first-order valence-electron chi connectivity index (χ1n) is 9.41. The van der Waals surface area contributed by atoms with Gasteiger partial charge in [0.1, 0.15) is 0 Å². The fourth-order valence-corrected chi connectivity index (χ4v) is 4.41. The van der Waals surface area contributed by atoms with Gasteiger partial charge in [0.15, 0.2) is 0 Å². The molecule has 0 aromatic carbocycles. The van der Waals surface area contributed by atoms with Crippen LogP contribution in [0.4, 0.5) is 0 Å². The Balaban J connectivity index is 1.69. The van der Waals surface area contributed by atoms with E-state index in [0.717, 1.165) is 44.8 Å². The molecule has 5 heteroatoms. The van der Waals surface area contributed by atoms with Crippen LogP contribution in [0.3, 0.4) is 0 Å². The van der Waals surface area contributed by atoms with Crippen LogP contribution >= 0.6 is 11.3 Å². The largest absolute Gasteiger partial charge is 0.355 e. The molecule has 0 fully saturated rings. The highest BCUT2D eigenvalue weighted by Crippen LogP contribution is 2.30. The van der Waals surface area contributed by atoms with E-state index < -0.39 is 0 Å². The first-order valence-corrected chi connectivity index (χ1v) is 10.3. The molecular formula is C24H16N4S. The lowest BCUT2D eigenvalue weighted by molar-refractivity contribution is 1.31. The van der Waals surface area contributed by atoms with Crippen molar-refractivity contribution in [3.05, 3.63) is 82.8 Å². The van der Waals surface area contributed by atoms with E-state index in [1.54, 1.807) is 11.3 Å². The highest BCUT2D eigenvalue weighted by Gasteiger charge is 2.07. The summed E-state index contributed by atoms with van der Waals surface area (Å²) in [6.45, 7) is 0. The van der Waals surface area contributed by atoms with Crippen molar-refractivity contribution in [3.8, 4) is 10.4 Å². The standard InChI is InChI=1S/C24H16N4S/c1-2-24(29-9-1)22-13-21-12-19-6-5-17(26-19)10-15-3-4-16(25-15)11-18-7-8-20(27-18)14-23(22)28-21/h1-14,25,28H. The number of rotatable bonds is 1. The maximum Gasteiger partial charge on any atom is 0.0658 e. The predicted octanol–water partition coefficient (Wildman–Crippen LogP) is 6.38. The molecule has 0 aliphatic carbocycles. The van der Waals surface area contributed by atoms with Gasteiger partial charge in [-0.3, -0.25) is 0 Å². The number of hydrogen-bond acceptors (Lipinski definition) is 3. The maximum absolute atomic E-state index is 4.76. The Morgan fingerprint density at radius 2 is 1.24 bits per heavy atom. The Morgan fingerprint density at radius 3 is 1.86 bits per heavy atom. The van der Waals surface area contributed by atoms with Crippen molar-refractivity contribution in [2.75, 3.05) is 0 Å². The number of hydrogen-bond donors (Lipinski definition) is 2. The summed E-state index contributed by atoms with van der Waals surface area (Å²) in [4.78, 5) is 17.7. The van der Waals surface area contributed by atoms with E-state index in [1.807, 2.05) is 24.3 Å². The molecule has 4 aromatic rings. The second kappa shape index (κ2) is 6.43. The van der Waals surface area contributed by atoms with Gasteiger partial charge in [0, 0.05) is 32.5 Å². The molecule has 8 bridgehead atoms. The van der Waals surface area contributed by atoms with Crippen LogP contribution in [-0.4, -0.2) is 19.9 Å². The lowest BCUT2D eigenvalue weighted by Gasteiger charge is -1.92. The molecular weight excluding hydrogens is 376 g/mol.